The topological polar surface area (TPSA) is 94.2 Å². The van der Waals surface area contributed by atoms with Crippen molar-refractivity contribution >= 4 is 11.9 Å². The molecule has 1 aliphatic rings. The summed E-state index contributed by atoms with van der Waals surface area (Å²) in [7, 11) is 0. The van der Waals surface area contributed by atoms with E-state index in [1.54, 1.807) is 24.8 Å². The maximum atomic E-state index is 12.8. The monoisotopic (exact) mass is 341 g/mol. The van der Waals surface area contributed by atoms with Crippen LogP contribution >= 0.6 is 0 Å². The Morgan fingerprint density at radius 3 is 2.60 bits per heavy atom. The van der Waals surface area contributed by atoms with Crippen LogP contribution in [0, 0.1) is 0 Å². The van der Waals surface area contributed by atoms with Gasteiger partial charge in [0.25, 0.3) is 5.91 Å². The minimum atomic E-state index is -0.000320. The Balaban J connectivity index is 1.67. The van der Waals surface area contributed by atoms with Gasteiger partial charge in [0.05, 0.1) is 11.7 Å². The summed E-state index contributed by atoms with van der Waals surface area (Å²) < 4.78 is 5.78. The summed E-state index contributed by atoms with van der Waals surface area (Å²) in [4.78, 5) is 26.8. The average molecular weight is 341 g/mol. The number of nitrogen functional groups attached to an aromatic ring is 1. The number of likely N-dealkylation sites (tertiary alicyclic amines) is 1. The molecule has 2 aromatic heterocycles. The standard InChI is InChI=1S/C18H23N5O2/c1-2-7-25-16-3-5-23(6-4-16)17(24)14-8-13(9-20-10-14)15-11-21-18(19)22-12-15/h8-12,16H,2-7H2,1H3,(H2,19,21,22). The fourth-order valence-corrected chi connectivity index (χ4v) is 2.89. The van der Waals surface area contributed by atoms with Crippen LogP contribution in [0.1, 0.15) is 36.5 Å². The van der Waals surface area contributed by atoms with Crippen molar-refractivity contribution in [3.05, 3.63) is 36.4 Å². The summed E-state index contributed by atoms with van der Waals surface area (Å²) in [6.45, 7) is 4.31. The number of ether oxygens (including phenoxy) is 1. The van der Waals surface area contributed by atoms with Crippen LogP contribution in [-0.4, -0.2) is 51.6 Å². The minimum absolute atomic E-state index is 0.000320. The molecule has 1 aliphatic heterocycles. The number of carbonyl (C=O) groups is 1. The van der Waals surface area contributed by atoms with E-state index in [-0.39, 0.29) is 18.0 Å². The highest BCUT2D eigenvalue weighted by atomic mass is 16.5. The summed E-state index contributed by atoms with van der Waals surface area (Å²) in [6.07, 6.45) is 9.59. The number of anilines is 1. The normalized spacial score (nSPS) is 15.3. The third-order valence-corrected chi connectivity index (χ3v) is 4.28. The van der Waals surface area contributed by atoms with Crippen molar-refractivity contribution in [1.29, 1.82) is 0 Å². The lowest BCUT2D eigenvalue weighted by atomic mass is 10.1. The first kappa shape index (κ1) is 17.3. The molecule has 0 bridgehead atoms. The van der Waals surface area contributed by atoms with Gasteiger partial charge >= 0.3 is 0 Å². The van der Waals surface area contributed by atoms with Gasteiger partial charge in [-0.2, -0.15) is 0 Å². The second kappa shape index (κ2) is 8.02. The average Bonchev–Trinajstić information content (AvgIpc) is 2.67. The van der Waals surface area contributed by atoms with Crippen molar-refractivity contribution in [2.24, 2.45) is 0 Å². The Morgan fingerprint density at radius 2 is 1.92 bits per heavy atom. The Morgan fingerprint density at radius 1 is 1.20 bits per heavy atom. The molecule has 132 valence electrons. The molecule has 0 unspecified atom stereocenters. The molecule has 0 radical (unpaired) electrons. The highest BCUT2D eigenvalue weighted by Gasteiger charge is 2.24. The van der Waals surface area contributed by atoms with Gasteiger partial charge < -0.3 is 15.4 Å². The van der Waals surface area contributed by atoms with Crippen LogP contribution in [0.5, 0.6) is 0 Å². The van der Waals surface area contributed by atoms with Gasteiger partial charge in [0.1, 0.15) is 0 Å². The van der Waals surface area contributed by atoms with E-state index >= 15 is 0 Å². The number of hydrogen-bond donors (Lipinski definition) is 1. The molecule has 7 heteroatoms. The Kier molecular flexibility index (Phi) is 5.55. The van der Waals surface area contributed by atoms with E-state index in [4.69, 9.17) is 10.5 Å². The molecule has 3 rings (SSSR count). The van der Waals surface area contributed by atoms with Crippen LogP contribution in [0.3, 0.4) is 0 Å². The molecule has 7 nitrogen and oxygen atoms in total. The largest absolute Gasteiger partial charge is 0.378 e. The van der Waals surface area contributed by atoms with E-state index < -0.39 is 0 Å². The van der Waals surface area contributed by atoms with E-state index in [0.29, 0.717) is 18.7 Å². The van der Waals surface area contributed by atoms with Gasteiger partial charge in [-0.25, -0.2) is 9.97 Å². The van der Waals surface area contributed by atoms with Crippen molar-refractivity contribution in [3.63, 3.8) is 0 Å². The molecule has 0 aromatic carbocycles. The van der Waals surface area contributed by atoms with E-state index in [1.165, 1.54) is 0 Å². The van der Waals surface area contributed by atoms with Crippen molar-refractivity contribution in [1.82, 2.24) is 19.9 Å². The van der Waals surface area contributed by atoms with Crippen LogP contribution < -0.4 is 5.73 Å². The molecule has 0 aliphatic carbocycles. The van der Waals surface area contributed by atoms with Gasteiger partial charge in [0.15, 0.2) is 0 Å². The summed E-state index contributed by atoms with van der Waals surface area (Å²) >= 11 is 0. The number of rotatable bonds is 5. The Labute approximate surface area is 147 Å². The van der Waals surface area contributed by atoms with E-state index in [9.17, 15) is 4.79 Å². The molecule has 2 N–H and O–H groups in total. The smallest absolute Gasteiger partial charge is 0.255 e. The van der Waals surface area contributed by atoms with Crippen LogP contribution in [0.15, 0.2) is 30.9 Å². The number of amides is 1. The molecule has 0 saturated carbocycles. The van der Waals surface area contributed by atoms with E-state index in [0.717, 1.165) is 37.0 Å². The molecule has 3 heterocycles. The Hall–Kier alpha value is -2.54. The zero-order valence-electron chi connectivity index (χ0n) is 14.4. The highest BCUT2D eigenvalue weighted by Crippen LogP contribution is 2.21. The molecule has 0 atom stereocenters. The van der Waals surface area contributed by atoms with Gasteiger partial charge in [-0.3, -0.25) is 9.78 Å². The predicted molar refractivity (Wildman–Crippen MR) is 94.8 cm³/mol. The Bertz CT molecular complexity index is 712. The van der Waals surface area contributed by atoms with Gasteiger partial charge in [-0.15, -0.1) is 0 Å². The minimum Gasteiger partial charge on any atom is -0.378 e. The molecular formula is C18H23N5O2. The first-order chi connectivity index (χ1) is 12.2. The zero-order chi connectivity index (χ0) is 17.6. The zero-order valence-corrected chi connectivity index (χ0v) is 14.4. The molecule has 1 saturated heterocycles. The lowest BCUT2D eigenvalue weighted by molar-refractivity contribution is 0.00900. The highest BCUT2D eigenvalue weighted by molar-refractivity contribution is 5.95. The SMILES string of the molecule is CCCOC1CCN(C(=O)c2cncc(-c3cnc(N)nc3)c2)CC1. The summed E-state index contributed by atoms with van der Waals surface area (Å²) in [5.74, 6) is 0.219. The number of carbonyl (C=O) groups excluding carboxylic acids is 1. The first-order valence-corrected chi connectivity index (χ1v) is 8.61. The maximum Gasteiger partial charge on any atom is 0.255 e. The third-order valence-electron chi connectivity index (χ3n) is 4.28. The number of hydrogen-bond acceptors (Lipinski definition) is 6. The number of piperidine rings is 1. The maximum absolute atomic E-state index is 12.8. The predicted octanol–water partition coefficient (Wildman–Crippen LogP) is 2.15. The molecule has 25 heavy (non-hydrogen) atoms. The summed E-state index contributed by atoms with van der Waals surface area (Å²) in [5.41, 5.74) is 7.66. The quantitative estimate of drug-likeness (QED) is 0.895. The number of pyridine rings is 1. The van der Waals surface area contributed by atoms with Crippen LogP contribution in [0.25, 0.3) is 11.1 Å². The van der Waals surface area contributed by atoms with Crippen molar-refractivity contribution < 1.29 is 9.53 Å². The summed E-state index contributed by atoms with van der Waals surface area (Å²) in [6, 6.07) is 1.82. The number of aromatic nitrogens is 3. The van der Waals surface area contributed by atoms with Crippen molar-refractivity contribution in [2.75, 3.05) is 25.4 Å². The molecule has 1 fully saturated rings. The third kappa shape index (κ3) is 4.30. The van der Waals surface area contributed by atoms with E-state index in [1.807, 2.05) is 11.0 Å². The molecular weight excluding hydrogens is 318 g/mol. The van der Waals surface area contributed by atoms with Crippen LogP contribution in [0.4, 0.5) is 5.95 Å². The first-order valence-electron chi connectivity index (χ1n) is 8.61. The second-order valence-electron chi connectivity index (χ2n) is 6.15. The lowest BCUT2D eigenvalue weighted by Crippen LogP contribution is -2.41. The fourth-order valence-electron chi connectivity index (χ4n) is 2.89. The number of nitrogens with zero attached hydrogens (tertiary/aromatic N) is 4. The van der Waals surface area contributed by atoms with Crippen LogP contribution in [-0.2, 0) is 4.74 Å². The summed E-state index contributed by atoms with van der Waals surface area (Å²) in [5, 5.41) is 0. The van der Waals surface area contributed by atoms with Crippen LogP contribution in [0.2, 0.25) is 0 Å². The molecule has 1 amide bonds. The molecule has 2 aromatic rings. The van der Waals surface area contributed by atoms with Gasteiger partial charge in [0, 0.05) is 55.6 Å². The lowest BCUT2D eigenvalue weighted by Gasteiger charge is -2.32. The van der Waals surface area contributed by atoms with Gasteiger partial charge in [0.2, 0.25) is 5.95 Å². The number of nitrogens with two attached hydrogens (primary N) is 1. The molecule has 0 spiro atoms. The van der Waals surface area contributed by atoms with Gasteiger partial charge in [-0.05, 0) is 25.3 Å². The second-order valence-corrected chi connectivity index (χ2v) is 6.15. The van der Waals surface area contributed by atoms with Gasteiger partial charge in [-0.1, -0.05) is 6.92 Å². The van der Waals surface area contributed by atoms with Crippen molar-refractivity contribution in [3.8, 4) is 11.1 Å². The van der Waals surface area contributed by atoms with E-state index in [2.05, 4.69) is 21.9 Å². The van der Waals surface area contributed by atoms with Crippen molar-refractivity contribution in [2.45, 2.75) is 32.3 Å². The fraction of sp³-hybridized carbons (Fsp3) is 0.444.